The number of hydrogen-bond acceptors (Lipinski definition) is 10. The number of ether oxygens (including phenoxy) is 1. The van der Waals surface area contributed by atoms with Crippen molar-refractivity contribution in [3.63, 3.8) is 0 Å². The fourth-order valence-electron chi connectivity index (χ4n) is 3.82. The number of anilines is 5. The van der Waals surface area contributed by atoms with E-state index in [1.165, 1.54) is 12.0 Å². The molecule has 170 valence electrons. The minimum Gasteiger partial charge on any atom is -0.378 e. The molecule has 1 aliphatic heterocycles. The van der Waals surface area contributed by atoms with Gasteiger partial charge in [0.1, 0.15) is 18.5 Å². The number of imidazole rings is 1. The van der Waals surface area contributed by atoms with Crippen molar-refractivity contribution in [1.82, 2.24) is 29.5 Å². The lowest BCUT2D eigenvalue weighted by Gasteiger charge is -2.28. The van der Waals surface area contributed by atoms with Crippen LogP contribution in [0, 0.1) is 0 Å². The number of rotatable bonds is 6. The number of morpholine rings is 1. The van der Waals surface area contributed by atoms with E-state index in [0.29, 0.717) is 28.7 Å². The van der Waals surface area contributed by atoms with Crippen LogP contribution in [0.15, 0.2) is 66.0 Å². The van der Waals surface area contributed by atoms with Gasteiger partial charge in [0.15, 0.2) is 17.0 Å². The maximum atomic E-state index is 5.46. The van der Waals surface area contributed by atoms with Crippen LogP contribution in [0.25, 0.3) is 16.9 Å². The van der Waals surface area contributed by atoms with E-state index in [-0.39, 0.29) is 0 Å². The molecule has 5 heterocycles. The van der Waals surface area contributed by atoms with Gasteiger partial charge in [-0.3, -0.25) is 4.57 Å². The molecule has 0 spiro atoms. The van der Waals surface area contributed by atoms with Crippen LogP contribution < -0.4 is 15.5 Å². The van der Waals surface area contributed by atoms with Crippen molar-refractivity contribution in [2.45, 2.75) is 0 Å². The van der Waals surface area contributed by atoms with Crippen LogP contribution in [0.4, 0.5) is 29.0 Å². The Morgan fingerprint density at radius 1 is 0.912 bits per heavy atom. The summed E-state index contributed by atoms with van der Waals surface area (Å²) >= 11 is 1.62. The highest BCUT2D eigenvalue weighted by atomic mass is 32.1. The van der Waals surface area contributed by atoms with Gasteiger partial charge in [0, 0.05) is 36.0 Å². The zero-order chi connectivity index (χ0) is 22.7. The Morgan fingerprint density at radius 3 is 2.56 bits per heavy atom. The van der Waals surface area contributed by atoms with Crippen LogP contribution in [-0.4, -0.2) is 55.8 Å². The maximum absolute atomic E-state index is 5.46. The summed E-state index contributed by atoms with van der Waals surface area (Å²) in [6.45, 7) is 3.32. The third-order valence-corrected chi connectivity index (χ3v) is 6.18. The molecule has 6 rings (SSSR count). The molecule has 0 aliphatic carbocycles. The van der Waals surface area contributed by atoms with Gasteiger partial charge in [0.25, 0.3) is 0 Å². The Morgan fingerprint density at radius 2 is 1.79 bits per heavy atom. The smallest absolute Gasteiger partial charge is 0.232 e. The molecule has 1 fully saturated rings. The van der Waals surface area contributed by atoms with Gasteiger partial charge < -0.3 is 20.3 Å². The minimum atomic E-state index is 0.413. The first-order valence-electron chi connectivity index (χ1n) is 10.8. The van der Waals surface area contributed by atoms with Crippen molar-refractivity contribution >= 4 is 51.5 Å². The first-order chi connectivity index (χ1) is 16.8. The van der Waals surface area contributed by atoms with E-state index in [2.05, 4.69) is 48.0 Å². The molecule has 1 aliphatic rings. The number of hydrogen-bond donors (Lipinski definition) is 2. The summed E-state index contributed by atoms with van der Waals surface area (Å²) < 4.78 is 7.41. The fourth-order valence-corrected chi connectivity index (χ4v) is 4.45. The molecular formula is C23H21N9OS. The van der Waals surface area contributed by atoms with Gasteiger partial charge in [0.05, 0.1) is 18.9 Å². The molecule has 0 unspecified atom stereocenters. The first-order valence-corrected chi connectivity index (χ1v) is 11.8. The molecular weight excluding hydrogens is 450 g/mol. The summed E-state index contributed by atoms with van der Waals surface area (Å²) in [6, 6.07) is 12.1. The molecule has 0 amide bonds. The van der Waals surface area contributed by atoms with Crippen molar-refractivity contribution in [3.05, 3.63) is 66.0 Å². The van der Waals surface area contributed by atoms with Crippen LogP contribution in [0.5, 0.6) is 0 Å². The third-order valence-electron chi connectivity index (χ3n) is 5.51. The number of nitrogens with one attached hydrogen (secondary N) is 2. The van der Waals surface area contributed by atoms with Crippen molar-refractivity contribution in [2.75, 3.05) is 41.8 Å². The predicted octanol–water partition coefficient (Wildman–Crippen LogP) is 3.99. The zero-order valence-corrected chi connectivity index (χ0v) is 18.9. The normalized spacial score (nSPS) is 13.8. The molecule has 0 saturated carbocycles. The van der Waals surface area contributed by atoms with E-state index < -0.39 is 0 Å². The van der Waals surface area contributed by atoms with E-state index in [0.717, 1.165) is 37.7 Å². The number of aromatic nitrogens is 6. The summed E-state index contributed by atoms with van der Waals surface area (Å²) in [6.07, 6.45) is 4.91. The number of thiophene rings is 1. The van der Waals surface area contributed by atoms with Gasteiger partial charge in [-0.05, 0) is 41.8 Å². The van der Waals surface area contributed by atoms with Crippen LogP contribution >= 0.6 is 11.3 Å². The lowest BCUT2D eigenvalue weighted by Crippen LogP contribution is -2.36. The SMILES string of the molecule is c1cc(Nc2nc(Nc3ccc(N4CCOCC4)cc3)c3ncn(-c4ccsc4)c3n2)ncn1. The monoisotopic (exact) mass is 471 g/mol. The number of nitrogens with zero attached hydrogens (tertiary/aromatic N) is 7. The Balaban J connectivity index is 1.35. The topological polar surface area (TPSA) is 106 Å². The van der Waals surface area contributed by atoms with Crippen LogP contribution in [0.2, 0.25) is 0 Å². The summed E-state index contributed by atoms with van der Waals surface area (Å²) in [4.78, 5) is 24.6. The average molecular weight is 472 g/mol. The van der Waals surface area contributed by atoms with Gasteiger partial charge in [-0.1, -0.05) is 0 Å². The van der Waals surface area contributed by atoms with E-state index in [1.807, 2.05) is 28.1 Å². The molecule has 2 N–H and O–H groups in total. The van der Waals surface area contributed by atoms with Crippen LogP contribution in [-0.2, 0) is 4.74 Å². The van der Waals surface area contributed by atoms with Gasteiger partial charge in [-0.15, -0.1) is 0 Å². The predicted molar refractivity (Wildman–Crippen MR) is 133 cm³/mol. The van der Waals surface area contributed by atoms with Crippen molar-refractivity contribution in [3.8, 4) is 5.69 Å². The highest BCUT2D eigenvalue weighted by Gasteiger charge is 2.16. The summed E-state index contributed by atoms with van der Waals surface area (Å²) in [5.74, 6) is 1.63. The molecule has 1 saturated heterocycles. The molecule has 0 atom stereocenters. The van der Waals surface area contributed by atoms with Gasteiger partial charge in [0.2, 0.25) is 5.95 Å². The lowest BCUT2D eigenvalue weighted by molar-refractivity contribution is 0.122. The third kappa shape index (κ3) is 4.14. The van der Waals surface area contributed by atoms with Crippen molar-refractivity contribution in [2.24, 2.45) is 0 Å². The fraction of sp³-hybridized carbons (Fsp3) is 0.174. The van der Waals surface area contributed by atoms with E-state index >= 15 is 0 Å². The average Bonchev–Trinajstić information content (AvgIpc) is 3.56. The summed E-state index contributed by atoms with van der Waals surface area (Å²) in [7, 11) is 0. The maximum Gasteiger partial charge on any atom is 0.232 e. The van der Waals surface area contributed by atoms with Crippen LogP contribution in [0.1, 0.15) is 0 Å². The molecule has 0 bridgehead atoms. The molecule has 11 heteroatoms. The number of fused-ring (bicyclic) bond motifs is 1. The van der Waals surface area contributed by atoms with E-state index in [4.69, 9.17) is 14.7 Å². The lowest BCUT2D eigenvalue weighted by atomic mass is 10.2. The molecule has 10 nitrogen and oxygen atoms in total. The van der Waals surface area contributed by atoms with Crippen LogP contribution in [0.3, 0.4) is 0 Å². The minimum absolute atomic E-state index is 0.413. The summed E-state index contributed by atoms with van der Waals surface area (Å²) in [5.41, 5.74) is 4.46. The van der Waals surface area contributed by atoms with Gasteiger partial charge in [-0.25, -0.2) is 15.0 Å². The first kappa shape index (κ1) is 20.5. The quantitative estimate of drug-likeness (QED) is 0.380. The van der Waals surface area contributed by atoms with E-state index in [9.17, 15) is 0 Å². The van der Waals surface area contributed by atoms with Crippen molar-refractivity contribution in [1.29, 1.82) is 0 Å². The summed E-state index contributed by atoms with van der Waals surface area (Å²) in [5, 5.41) is 10.7. The van der Waals surface area contributed by atoms with E-state index in [1.54, 1.807) is 29.9 Å². The number of benzene rings is 1. The molecule has 0 radical (unpaired) electrons. The highest BCUT2D eigenvalue weighted by molar-refractivity contribution is 7.08. The second kappa shape index (κ2) is 9.04. The molecule has 34 heavy (non-hydrogen) atoms. The molecule has 4 aromatic heterocycles. The van der Waals surface area contributed by atoms with Gasteiger partial charge in [-0.2, -0.15) is 21.3 Å². The molecule has 5 aromatic rings. The highest BCUT2D eigenvalue weighted by Crippen LogP contribution is 2.28. The largest absolute Gasteiger partial charge is 0.378 e. The standard InChI is InChI=1S/C23H21N9OS/c1-3-17(31-8-10-33-11-9-31)4-2-16(1)27-21-20-22(32(15-26-20)18-6-12-34-13-18)30-23(29-21)28-19-5-7-24-14-25-19/h1-7,12-15H,8-11H2,(H2,24,25,27,28,29,30). The zero-order valence-electron chi connectivity index (χ0n) is 18.1. The second-order valence-corrected chi connectivity index (χ2v) is 8.44. The molecule has 1 aromatic carbocycles. The van der Waals surface area contributed by atoms with Crippen molar-refractivity contribution < 1.29 is 4.74 Å². The Labute approximate surface area is 199 Å². The Hall–Kier alpha value is -4.09. The Kier molecular flexibility index (Phi) is 5.45. The Bertz CT molecular complexity index is 1380. The second-order valence-electron chi connectivity index (χ2n) is 7.66. The van der Waals surface area contributed by atoms with Gasteiger partial charge >= 0.3 is 0 Å².